The van der Waals surface area contributed by atoms with Crippen molar-refractivity contribution in [3.05, 3.63) is 33.3 Å². The van der Waals surface area contributed by atoms with E-state index in [4.69, 9.17) is 22.6 Å². The Hall–Kier alpha value is -1.14. The third-order valence-corrected chi connectivity index (χ3v) is 2.46. The largest absolute Gasteiger partial charge is 0.311 e. The zero-order valence-electron chi connectivity index (χ0n) is 7.38. The molecule has 15 heavy (non-hydrogen) atoms. The highest BCUT2D eigenvalue weighted by atomic mass is 35.5. The molecule has 0 aliphatic carbocycles. The van der Waals surface area contributed by atoms with E-state index in [2.05, 4.69) is 5.09 Å². The summed E-state index contributed by atoms with van der Waals surface area (Å²) in [6, 6.07) is 3.98. The van der Waals surface area contributed by atoms with Crippen LogP contribution < -0.4 is 16.1 Å². The van der Waals surface area contributed by atoms with Gasteiger partial charge in [-0.2, -0.15) is 0 Å². The Morgan fingerprint density at radius 3 is 2.53 bits per heavy atom. The first-order valence-corrected chi connectivity index (χ1v) is 5.92. The standard InChI is InChI=1S/C6H8ClN4O3P/c7-6-4(10-15(8,9)14)2-1-3-5(6)11(12)13/h1-3H,(H5,8,9,10,14). The maximum Gasteiger partial charge on any atom is 0.298 e. The van der Waals surface area contributed by atoms with E-state index in [1.807, 2.05) is 0 Å². The molecule has 0 saturated carbocycles. The number of nitrogens with two attached hydrogens (primary N) is 2. The fourth-order valence-electron chi connectivity index (χ4n) is 0.935. The van der Waals surface area contributed by atoms with Crippen molar-refractivity contribution in [3.63, 3.8) is 0 Å². The first-order chi connectivity index (χ1) is 6.81. The lowest BCUT2D eigenvalue weighted by Crippen LogP contribution is -2.13. The number of hydrogen-bond donors (Lipinski definition) is 3. The zero-order chi connectivity index (χ0) is 11.6. The van der Waals surface area contributed by atoms with Crippen LogP contribution in [0.5, 0.6) is 0 Å². The van der Waals surface area contributed by atoms with Crippen molar-refractivity contribution in [2.24, 2.45) is 11.0 Å². The summed E-state index contributed by atoms with van der Waals surface area (Å²) < 4.78 is 11.0. The number of nitrogens with zero attached hydrogens (tertiary/aromatic N) is 1. The van der Waals surface area contributed by atoms with E-state index in [0.717, 1.165) is 0 Å². The van der Waals surface area contributed by atoms with Crippen LogP contribution in [-0.4, -0.2) is 4.92 Å². The van der Waals surface area contributed by atoms with Gasteiger partial charge in [0.05, 0.1) is 10.6 Å². The number of nitro groups is 1. The lowest BCUT2D eigenvalue weighted by atomic mass is 10.3. The Labute approximate surface area is 90.1 Å². The number of benzene rings is 1. The molecular weight excluding hydrogens is 243 g/mol. The van der Waals surface area contributed by atoms with Gasteiger partial charge >= 0.3 is 0 Å². The summed E-state index contributed by atoms with van der Waals surface area (Å²) in [5.74, 6) is 0. The quantitative estimate of drug-likeness (QED) is 0.426. The predicted molar refractivity (Wildman–Crippen MR) is 57.7 cm³/mol. The summed E-state index contributed by atoms with van der Waals surface area (Å²) in [6.07, 6.45) is 0. The van der Waals surface area contributed by atoms with Gasteiger partial charge in [-0.25, -0.2) is 0 Å². The normalized spacial score (nSPS) is 11.1. The molecule has 0 fully saturated rings. The molecule has 82 valence electrons. The monoisotopic (exact) mass is 250 g/mol. The third kappa shape index (κ3) is 3.17. The van der Waals surface area contributed by atoms with Crippen LogP contribution in [0.2, 0.25) is 5.02 Å². The second kappa shape index (κ2) is 4.16. The minimum atomic E-state index is -3.52. The molecule has 7 nitrogen and oxygen atoms in total. The van der Waals surface area contributed by atoms with Gasteiger partial charge in [0.1, 0.15) is 5.02 Å². The van der Waals surface area contributed by atoms with Crippen LogP contribution in [-0.2, 0) is 4.57 Å². The second-order valence-corrected chi connectivity index (χ2v) is 4.74. The first kappa shape index (κ1) is 11.9. The van der Waals surface area contributed by atoms with Crippen molar-refractivity contribution >= 4 is 30.6 Å². The number of nitro benzene ring substituents is 1. The number of anilines is 1. The maximum atomic E-state index is 11.0. The highest BCUT2D eigenvalue weighted by molar-refractivity contribution is 7.60. The van der Waals surface area contributed by atoms with Gasteiger partial charge in [0.15, 0.2) is 0 Å². The van der Waals surface area contributed by atoms with Crippen molar-refractivity contribution in [3.8, 4) is 0 Å². The summed E-state index contributed by atoms with van der Waals surface area (Å²) in [7, 11) is -3.52. The molecule has 5 N–H and O–H groups in total. The molecule has 1 aromatic carbocycles. The van der Waals surface area contributed by atoms with Gasteiger partial charge in [-0.3, -0.25) is 25.7 Å². The molecule has 0 unspecified atom stereocenters. The fraction of sp³-hybridized carbons (Fsp3) is 0. The van der Waals surface area contributed by atoms with Crippen LogP contribution >= 0.6 is 19.2 Å². The minimum absolute atomic E-state index is 0.0687. The van der Waals surface area contributed by atoms with Crippen LogP contribution in [0.3, 0.4) is 0 Å². The predicted octanol–water partition coefficient (Wildman–Crippen LogP) is 1.69. The lowest BCUT2D eigenvalue weighted by molar-refractivity contribution is -0.384. The van der Waals surface area contributed by atoms with E-state index in [0.29, 0.717) is 0 Å². The number of halogens is 1. The second-order valence-electron chi connectivity index (χ2n) is 2.72. The average molecular weight is 251 g/mol. The van der Waals surface area contributed by atoms with Gasteiger partial charge in [-0.1, -0.05) is 17.7 Å². The van der Waals surface area contributed by atoms with Gasteiger partial charge in [0.25, 0.3) is 13.3 Å². The van der Waals surface area contributed by atoms with Crippen molar-refractivity contribution in [1.82, 2.24) is 0 Å². The van der Waals surface area contributed by atoms with Crippen LogP contribution in [0.15, 0.2) is 18.2 Å². The molecule has 0 aromatic heterocycles. The van der Waals surface area contributed by atoms with E-state index >= 15 is 0 Å². The molecule has 0 amide bonds. The Morgan fingerprint density at radius 2 is 2.07 bits per heavy atom. The van der Waals surface area contributed by atoms with Gasteiger partial charge in [0, 0.05) is 6.07 Å². The average Bonchev–Trinajstić information content (AvgIpc) is 2.05. The smallest absolute Gasteiger partial charge is 0.298 e. The SMILES string of the molecule is NP(N)(=O)Nc1cccc([N+](=O)[O-])c1Cl. The molecule has 0 aliphatic heterocycles. The molecule has 0 bridgehead atoms. The fourth-order valence-corrected chi connectivity index (χ4v) is 1.81. The van der Waals surface area contributed by atoms with Gasteiger partial charge in [-0.05, 0) is 6.07 Å². The number of rotatable bonds is 3. The van der Waals surface area contributed by atoms with Crippen molar-refractivity contribution in [1.29, 1.82) is 0 Å². The Balaban J connectivity index is 3.16. The van der Waals surface area contributed by atoms with Gasteiger partial charge in [-0.15, -0.1) is 0 Å². The molecule has 0 radical (unpaired) electrons. The van der Waals surface area contributed by atoms with E-state index in [-0.39, 0.29) is 16.4 Å². The molecule has 0 heterocycles. The topological polar surface area (TPSA) is 124 Å². The van der Waals surface area contributed by atoms with E-state index in [9.17, 15) is 14.7 Å². The molecule has 1 aromatic rings. The summed E-state index contributed by atoms with van der Waals surface area (Å²) in [5, 5.41) is 12.5. The molecule has 0 spiro atoms. The third-order valence-electron chi connectivity index (χ3n) is 1.47. The lowest BCUT2D eigenvalue weighted by Gasteiger charge is -2.11. The maximum absolute atomic E-state index is 11.0. The molecule has 9 heteroatoms. The summed E-state index contributed by atoms with van der Waals surface area (Å²) in [5.41, 5.74) is 9.87. The van der Waals surface area contributed by atoms with Crippen LogP contribution in [0.1, 0.15) is 0 Å². The Kier molecular flexibility index (Phi) is 3.31. The molecular formula is C6H8ClN4O3P. The van der Waals surface area contributed by atoms with Gasteiger partial charge in [0.2, 0.25) is 0 Å². The van der Waals surface area contributed by atoms with Crippen molar-refractivity contribution in [2.75, 3.05) is 5.09 Å². The number of hydrogen-bond acceptors (Lipinski definition) is 3. The zero-order valence-corrected chi connectivity index (χ0v) is 9.03. The van der Waals surface area contributed by atoms with Crippen LogP contribution in [0.25, 0.3) is 0 Å². The van der Waals surface area contributed by atoms with Gasteiger partial charge < -0.3 is 5.09 Å². The highest BCUT2D eigenvalue weighted by Gasteiger charge is 2.18. The molecule has 0 aliphatic rings. The highest BCUT2D eigenvalue weighted by Crippen LogP contribution is 2.37. The van der Waals surface area contributed by atoms with E-state index in [1.54, 1.807) is 0 Å². The molecule has 0 atom stereocenters. The minimum Gasteiger partial charge on any atom is -0.311 e. The summed E-state index contributed by atoms with van der Waals surface area (Å²) in [6.45, 7) is 0. The Morgan fingerprint density at radius 1 is 1.47 bits per heavy atom. The molecule has 1 rings (SSSR count). The van der Waals surface area contributed by atoms with Crippen LogP contribution in [0.4, 0.5) is 11.4 Å². The molecule has 0 saturated heterocycles. The number of nitrogens with one attached hydrogen (secondary N) is 1. The van der Waals surface area contributed by atoms with E-state index < -0.39 is 12.5 Å². The summed E-state index contributed by atoms with van der Waals surface area (Å²) in [4.78, 5) is 9.84. The van der Waals surface area contributed by atoms with E-state index in [1.165, 1.54) is 18.2 Å². The Bertz CT molecular complexity index is 446. The van der Waals surface area contributed by atoms with Crippen LogP contribution in [0, 0.1) is 10.1 Å². The van der Waals surface area contributed by atoms with Crippen molar-refractivity contribution in [2.45, 2.75) is 0 Å². The first-order valence-electron chi connectivity index (χ1n) is 3.69. The summed E-state index contributed by atoms with van der Waals surface area (Å²) >= 11 is 5.67. The van der Waals surface area contributed by atoms with Crippen molar-refractivity contribution < 1.29 is 9.49 Å².